The number of nitrogens with zero attached hydrogens (tertiary/aromatic N) is 1. The minimum absolute atomic E-state index is 0.0555. The van der Waals surface area contributed by atoms with Crippen molar-refractivity contribution < 1.29 is 9.59 Å². The van der Waals surface area contributed by atoms with Crippen LogP contribution in [0.3, 0.4) is 0 Å². The maximum Gasteiger partial charge on any atom is 0.269 e. The number of aromatic nitrogens is 1. The van der Waals surface area contributed by atoms with Crippen molar-refractivity contribution in [1.29, 1.82) is 0 Å². The Morgan fingerprint density at radius 2 is 1.62 bits per heavy atom. The molecule has 1 aromatic heterocycles. The molecule has 8 heteroatoms. The molecular formula is C24H18Cl2N4O2. The van der Waals surface area contributed by atoms with E-state index in [1.54, 1.807) is 48.7 Å². The van der Waals surface area contributed by atoms with Crippen molar-refractivity contribution in [2.45, 2.75) is 6.42 Å². The van der Waals surface area contributed by atoms with Gasteiger partial charge in [0.25, 0.3) is 5.91 Å². The van der Waals surface area contributed by atoms with Crippen molar-refractivity contribution in [3.8, 4) is 0 Å². The van der Waals surface area contributed by atoms with Gasteiger partial charge in [-0.2, -0.15) is 0 Å². The number of hydrogen-bond acceptors (Lipinski definition) is 4. The second-order valence-electron chi connectivity index (χ2n) is 7.01. The van der Waals surface area contributed by atoms with Gasteiger partial charge in [0, 0.05) is 28.5 Å². The fraction of sp³-hybridized carbons (Fsp3) is 0.0417. The van der Waals surface area contributed by atoms with Gasteiger partial charge in [0.15, 0.2) is 0 Å². The van der Waals surface area contributed by atoms with Crippen LogP contribution in [0.25, 0.3) is 10.9 Å². The molecule has 0 saturated carbocycles. The highest BCUT2D eigenvalue weighted by molar-refractivity contribution is 6.42. The number of anilines is 2. The summed E-state index contributed by atoms with van der Waals surface area (Å²) >= 11 is 11.8. The summed E-state index contributed by atoms with van der Waals surface area (Å²) in [6, 6.07) is 21.6. The zero-order valence-electron chi connectivity index (χ0n) is 16.7. The second-order valence-corrected chi connectivity index (χ2v) is 7.82. The summed E-state index contributed by atoms with van der Waals surface area (Å²) in [5.41, 5.74) is 8.54. The van der Waals surface area contributed by atoms with Gasteiger partial charge in [0.1, 0.15) is 0 Å². The van der Waals surface area contributed by atoms with Crippen LogP contribution in [0.2, 0.25) is 10.0 Å². The molecule has 4 rings (SSSR count). The Labute approximate surface area is 194 Å². The summed E-state index contributed by atoms with van der Waals surface area (Å²) in [5, 5.41) is 5.12. The average molecular weight is 465 g/mol. The number of amides is 2. The fourth-order valence-corrected chi connectivity index (χ4v) is 3.46. The van der Waals surface area contributed by atoms with E-state index in [1.165, 1.54) is 0 Å². The Bertz CT molecular complexity index is 1290. The van der Waals surface area contributed by atoms with Crippen molar-refractivity contribution in [3.63, 3.8) is 0 Å². The lowest BCUT2D eigenvalue weighted by Gasteiger charge is -2.11. The highest BCUT2D eigenvalue weighted by Crippen LogP contribution is 2.25. The Balaban J connectivity index is 1.34. The number of fused-ring (bicyclic) bond motifs is 1. The van der Waals surface area contributed by atoms with Crippen LogP contribution in [-0.2, 0) is 11.2 Å². The van der Waals surface area contributed by atoms with Crippen molar-refractivity contribution in [1.82, 2.24) is 15.8 Å². The predicted octanol–water partition coefficient (Wildman–Crippen LogP) is 5.29. The van der Waals surface area contributed by atoms with Gasteiger partial charge >= 0.3 is 0 Å². The Kier molecular flexibility index (Phi) is 6.54. The maximum absolute atomic E-state index is 12.4. The molecule has 1 heterocycles. The molecule has 0 radical (unpaired) electrons. The molecule has 2 amide bonds. The summed E-state index contributed by atoms with van der Waals surface area (Å²) in [7, 11) is 0. The van der Waals surface area contributed by atoms with Crippen LogP contribution < -0.4 is 16.2 Å². The van der Waals surface area contributed by atoms with Gasteiger partial charge in [-0.15, -0.1) is 0 Å². The van der Waals surface area contributed by atoms with Crippen molar-refractivity contribution in [2.75, 3.05) is 5.32 Å². The monoisotopic (exact) mass is 464 g/mol. The normalized spacial score (nSPS) is 10.6. The van der Waals surface area contributed by atoms with Crippen molar-refractivity contribution >= 4 is 57.3 Å². The third-order valence-corrected chi connectivity index (χ3v) is 5.48. The first kappa shape index (κ1) is 21.6. The molecule has 160 valence electrons. The smallest absolute Gasteiger partial charge is 0.269 e. The highest BCUT2D eigenvalue weighted by atomic mass is 35.5. The highest BCUT2D eigenvalue weighted by Gasteiger charge is 2.10. The minimum Gasteiger partial charge on any atom is -0.355 e. The van der Waals surface area contributed by atoms with Gasteiger partial charge in [-0.25, -0.2) is 0 Å². The molecule has 0 unspecified atom stereocenters. The van der Waals surface area contributed by atoms with Crippen LogP contribution in [0.4, 0.5) is 11.4 Å². The zero-order valence-corrected chi connectivity index (χ0v) is 18.2. The topological polar surface area (TPSA) is 83.1 Å². The number of halogens is 2. The Hall–Kier alpha value is -3.61. The first-order valence-corrected chi connectivity index (χ1v) is 10.5. The van der Waals surface area contributed by atoms with Gasteiger partial charge in [0.05, 0.1) is 22.0 Å². The lowest BCUT2D eigenvalue weighted by atomic mass is 10.1. The van der Waals surface area contributed by atoms with Gasteiger partial charge < -0.3 is 5.32 Å². The fourth-order valence-electron chi connectivity index (χ4n) is 3.14. The maximum atomic E-state index is 12.4. The number of para-hydroxylation sites is 1. The van der Waals surface area contributed by atoms with E-state index >= 15 is 0 Å². The van der Waals surface area contributed by atoms with Gasteiger partial charge in [-0.1, -0.05) is 47.5 Å². The van der Waals surface area contributed by atoms with E-state index in [0.29, 0.717) is 21.2 Å². The molecule has 0 bridgehead atoms. The number of rotatable bonds is 5. The molecule has 0 saturated heterocycles. The number of carbonyl (C=O) groups excluding carboxylic acids is 2. The standard InChI is InChI=1S/C24H18Cl2N4O2/c25-19-10-5-15(13-20(19)26)14-23(31)29-30-24(32)16-6-8-17(9-7-16)28-22-11-12-27-21-4-2-1-3-18(21)22/h1-13H,14H2,(H,27,28)(H,29,31)(H,30,32). The summed E-state index contributed by atoms with van der Waals surface area (Å²) < 4.78 is 0. The zero-order chi connectivity index (χ0) is 22.5. The molecular weight excluding hydrogens is 447 g/mol. The molecule has 0 aliphatic heterocycles. The van der Waals surface area contributed by atoms with Crippen LogP contribution >= 0.6 is 23.2 Å². The van der Waals surface area contributed by atoms with E-state index in [4.69, 9.17) is 23.2 Å². The molecule has 3 aromatic carbocycles. The molecule has 0 atom stereocenters. The van der Waals surface area contributed by atoms with Crippen molar-refractivity contribution in [2.24, 2.45) is 0 Å². The number of benzene rings is 3. The summed E-state index contributed by atoms with van der Waals surface area (Å²) in [4.78, 5) is 28.8. The average Bonchev–Trinajstić information content (AvgIpc) is 2.81. The SMILES string of the molecule is O=C(Cc1ccc(Cl)c(Cl)c1)NNC(=O)c1ccc(Nc2ccnc3ccccc23)cc1. The lowest BCUT2D eigenvalue weighted by Crippen LogP contribution is -2.42. The number of pyridine rings is 1. The summed E-state index contributed by atoms with van der Waals surface area (Å²) in [6.07, 6.45) is 1.80. The van der Waals surface area contributed by atoms with Crippen LogP contribution in [0.15, 0.2) is 79.0 Å². The lowest BCUT2D eigenvalue weighted by molar-refractivity contribution is -0.121. The third-order valence-electron chi connectivity index (χ3n) is 4.74. The van der Waals surface area contributed by atoms with E-state index in [0.717, 1.165) is 22.3 Å². The summed E-state index contributed by atoms with van der Waals surface area (Å²) in [5.74, 6) is -0.798. The van der Waals surface area contributed by atoms with Crippen molar-refractivity contribution in [3.05, 3.63) is 100 Å². The predicted molar refractivity (Wildman–Crippen MR) is 127 cm³/mol. The van der Waals surface area contributed by atoms with E-state index < -0.39 is 5.91 Å². The van der Waals surface area contributed by atoms with Crippen LogP contribution in [0, 0.1) is 0 Å². The molecule has 0 fully saturated rings. The molecule has 0 aliphatic rings. The number of hydrogen-bond donors (Lipinski definition) is 3. The van der Waals surface area contributed by atoms with Crippen LogP contribution in [-0.4, -0.2) is 16.8 Å². The first-order valence-electron chi connectivity index (χ1n) is 9.73. The molecule has 32 heavy (non-hydrogen) atoms. The molecule has 6 nitrogen and oxygen atoms in total. The molecule has 4 aromatic rings. The molecule has 0 spiro atoms. The van der Waals surface area contributed by atoms with E-state index in [-0.39, 0.29) is 12.3 Å². The second kappa shape index (κ2) is 9.68. The quantitative estimate of drug-likeness (QED) is 0.350. The van der Waals surface area contributed by atoms with Gasteiger partial charge in [0.2, 0.25) is 5.91 Å². The minimum atomic E-state index is -0.423. The van der Waals surface area contributed by atoms with Crippen LogP contribution in [0.5, 0.6) is 0 Å². The molecule has 0 aliphatic carbocycles. The third kappa shape index (κ3) is 5.17. The number of hydrazine groups is 1. The first-order chi connectivity index (χ1) is 15.5. The van der Waals surface area contributed by atoms with E-state index in [2.05, 4.69) is 21.2 Å². The molecule has 3 N–H and O–H groups in total. The van der Waals surface area contributed by atoms with Gasteiger partial charge in [-0.3, -0.25) is 25.4 Å². The summed E-state index contributed by atoms with van der Waals surface area (Å²) in [6.45, 7) is 0. The van der Waals surface area contributed by atoms with E-state index in [1.807, 2.05) is 30.3 Å². The number of nitrogens with one attached hydrogen (secondary N) is 3. The Morgan fingerprint density at radius 1 is 0.844 bits per heavy atom. The van der Waals surface area contributed by atoms with Gasteiger partial charge in [-0.05, 0) is 54.1 Å². The van der Waals surface area contributed by atoms with Crippen LogP contribution in [0.1, 0.15) is 15.9 Å². The number of carbonyl (C=O) groups is 2. The van der Waals surface area contributed by atoms with E-state index in [9.17, 15) is 9.59 Å². The largest absolute Gasteiger partial charge is 0.355 e. The Morgan fingerprint density at radius 3 is 2.41 bits per heavy atom.